The molecule has 2 amide bonds. The predicted molar refractivity (Wildman–Crippen MR) is 115 cm³/mol. The molecule has 0 atom stereocenters. The SMILES string of the molecule is CC(C)COC(=O)N1CC=C(c2cc(-c3ccccc3)cc(C(N)=O)c2N)CC1. The Bertz CT molecular complexity index is 936. The molecule has 2 aromatic rings. The van der Waals surface area contributed by atoms with Gasteiger partial charge in [0.1, 0.15) is 0 Å². The van der Waals surface area contributed by atoms with Crippen LogP contribution in [0.5, 0.6) is 0 Å². The second kappa shape index (κ2) is 8.82. The van der Waals surface area contributed by atoms with Crippen molar-refractivity contribution in [3.05, 3.63) is 59.7 Å². The number of nitrogens with two attached hydrogens (primary N) is 2. The van der Waals surface area contributed by atoms with Gasteiger partial charge >= 0.3 is 6.09 Å². The Morgan fingerprint density at radius 3 is 2.45 bits per heavy atom. The lowest BCUT2D eigenvalue weighted by Gasteiger charge is -2.27. The number of amides is 2. The third kappa shape index (κ3) is 4.77. The minimum Gasteiger partial charge on any atom is -0.449 e. The van der Waals surface area contributed by atoms with Crippen molar-refractivity contribution in [1.29, 1.82) is 0 Å². The summed E-state index contributed by atoms with van der Waals surface area (Å²) in [6.07, 6.45) is 2.28. The molecule has 1 aliphatic heterocycles. The Hall–Kier alpha value is -3.28. The summed E-state index contributed by atoms with van der Waals surface area (Å²) in [7, 11) is 0. The Morgan fingerprint density at radius 1 is 1.14 bits per heavy atom. The average Bonchev–Trinajstić information content (AvgIpc) is 2.72. The van der Waals surface area contributed by atoms with E-state index < -0.39 is 5.91 Å². The molecule has 0 aliphatic carbocycles. The molecule has 2 aromatic carbocycles. The molecule has 4 N–H and O–H groups in total. The van der Waals surface area contributed by atoms with Crippen LogP contribution in [0.4, 0.5) is 10.5 Å². The number of benzene rings is 2. The fourth-order valence-corrected chi connectivity index (χ4v) is 3.33. The zero-order chi connectivity index (χ0) is 21.0. The molecule has 1 heterocycles. The van der Waals surface area contributed by atoms with Gasteiger partial charge in [-0.3, -0.25) is 4.79 Å². The summed E-state index contributed by atoms with van der Waals surface area (Å²) >= 11 is 0. The number of anilines is 1. The molecule has 0 bridgehead atoms. The molecule has 29 heavy (non-hydrogen) atoms. The van der Waals surface area contributed by atoms with Crippen molar-refractivity contribution in [3.63, 3.8) is 0 Å². The van der Waals surface area contributed by atoms with Crippen LogP contribution in [0.1, 0.15) is 36.2 Å². The molecule has 0 saturated carbocycles. The van der Waals surface area contributed by atoms with Gasteiger partial charge in [0.15, 0.2) is 0 Å². The van der Waals surface area contributed by atoms with Gasteiger partial charge in [-0.2, -0.15) is 0 Å². The number of rotatable bonds is 5. The van der Waals surface area contributed by atoms with Crippen LogP contribution in [0.2, 0.25) is 0 Å². The van der Waals surface area contributed by atoms with Crippen LogP contribution in [-0.2, 0) is 4.74 Å². The van der Waals surface area contributed by atoms with Gasteiger partial charge in [0, 0.05) is 18.7 Å². The summed E-state index contributed by atoms with van der Waals surface area (Å²) in [5.41, 5.74) is 16.2. The third-order valence-corrected chi connectivity index (χ3v) is 4.91. The zero-order valence-corrected chi connectivity index (χ0v) is 16.9. The lowest BCUT2D eigenvalue weighted by Crippen LogP contribution is -2.35. The highest BCUT2D eigenvalue weighted by Crippen LogP contribution is 2.34. The van der Waals surface area contributed by atoms with E-state index in [0.717, 1.165) is 22.3 Å². The van der Waals surface area contributed by atoms with Crippen LogP contribution in [-0.4, -0.2) is 36.6 Å². The molecule has 0 unspecified atom stereocenters. The zero-order valence-electron chi connectivity index (χ0n) is 16.9. The summed E-state index contributed by atoms with van der Waals surface area (Å²) in [5, 5.41) is 0. The highest BCUT2D eigenvalue weighted by atomic mass is 16.6. The normalized spacial score (nSPS) is 13.9. The van der Waals surface area contributed by atoms with Crippen LogP contribution in [0, 0.1) is 5.92 Å². The molecule has 0 radical (unpaired) electrons. The smallest absolute Gasteiger partial charge is 0.410 e. The summed E-state index contributed by atoms with van der Waals surface area (Å²) in [6, 6.07) is 13.5. The Morgan fingerprint density at radius 2 is 1.86 bits per heavy atom. The maximum absolute atomic E-state index is 12.2. The fraction of sp³-hybridized carbons (Fsp3) is 0.304. The first-order chi connectivity index (χ1) is 13.9. The molecule has 152 valence electrons. The average molecular weight is 393 g/mol. The van der Waals surface area contributed by atoms with E-state index in [0.29, 0.717) is 43.3 Å². The first-order valence-electron chi connectivity index (χ1n) is 9.76. The van der Waals surface area contributed by atoms with Crippen LogP contribution in [0.3, 0.4) is 0 Å². The maximum atomic E-state index is 12.2. The van der Waals surface area contributed by atoms with Gasteiger partial charge in [0.25, 0.3) is 5.91 Å². The van der Waals surface area contributed by atoms with Crippen LogP contribution in [0.15, 0.2) is 48.5 Å². The minimum atomic E-state index is -0.558. The maximum Gasteiger partial charge on any atom is 0.410 e. The molecule has 0 aromatic heterocycles. The van der Waals surface area contributed by atoms with E-state index in [4.69, 9.17) is 16.2 Å². The molecule has 1 aliphatic rings. The van der Waals surface area contributed by atoms with Crippen molar-refractivity contribution in [2.24, 2.45) is 11.7 Å². The number of hydrogen-bond donors (Lipinski definition) is 2. The monoisotopic (exact) mass is 393 g/mol. The summed E-state index contributed by atoms with van der Waals surface area (Å²) < 4.78 is 5.31. The van der Waals surface area contributed by atoms with E-state index in [2.05, 4.69) is 0 Å². The Kier molecular flexibility index (Phi) is 6.22. The van der Waals surface area contributed by atoms with Gasteiger partial charge in [0.2, 0.25) is 0 Å². The molecule has 6 nitrogen and oxygen atoms in total. The van der Waals surface area contributed by atoms with Crippen molar-refractivity contribution < 1.29 is 14.3 Å². The van der Waals surface area contributed by atoms with E-state index in [-0.39, 0.29) is 6.09 Å². The predicted octanol–water partition coefficient (Wildman–Crippen LogP) is 3.92. The number of ether oxygens (including phenoxy) is 1. The molecule has 6 heteroatoms. The number of nitrogen functional groups attached to an aromatic ring is 1. The first kappa shape index (κ1) is 20.5. The van der Waals surface area contributed by atoms with Crippen molar-refractivity contribution in [2.45, 2.75) is 20.3 Å². The van der Waals surface area contributed by atoms with E-state index in [9.17, 15) is 9.59 Å². The van der Waals surface area contributed by atoms with Crippen molar-refractivity contribution in [1.82, 2.24) is 4.90 Å². The van der Waals surface area contributed by atoms with E-state index in [1.165, 1.54) is 0 Å². The third-order valence-electron chi connectivity index (χ3n) is 4.91. The van der Waals surface area contributed by atoms with Gasteiger partial charge in [-0.05, 0) is 41.2 Å². The van der Waals surface area contributed by atoms with Crippen LogP contribution < -0.4 is 11.5 Å². The van der Waals surface area contributed by atoms with E-state index >= 15 is 0 Å². The van der Waals surface area contributed by atoms with Gasteiger partial charge < -0.3 is 21.1 Å². The fourth-order valence-electron chi connectivity index (χ4n) is 3.33. The lowest BCUT2D eigenvalue weighted by atomic mass is 9.91. The summed E-state index contributed by atoms with van der Waals surface area (Å²) in [6.45, 7) is 5.37. The van der Waals surface area contributed by atoms with Crippen molar-refractivity contribution in [2.75, 3.05) is 25.4 Å². The molecule has 0 fully saturated rings. The van der Waals surface area contributed by atoms with Gasteiger partial charge in [-0.15, -0.1) is 0 Å². The summed E-state index contributed by atoms with van der Waals surface area (Å²) in [4.78, 5) is 25.8. The molecule has 3 rings (SSSR count). The molecular formula is C23H27N3O3. The number of primary amides is 1. The van der Waals surface area contributed by atoms with Crippen LogP contribution in [0.25, 0.3) is 16.7 Å². The molecular weight excluding hydrogens is 366 g/mol. The van der Waals surface area contributed by atoms with Gasteiger partial charge in [0.05, 0.1) is 17.9 Å². The quantitative estimate of drug-likeness (QED) is 0.752. The van der Waals surface area contributed by atoms with E-state index in [1.807, 2.05) is 56.3 Å². The Balaban J connectivity index is 1.89. The number of nitrogens with zero attached hydrogens (tertiary/aromatic N) is 1. The summed E-state index contributed by atoms with van der Waals surface area (Å²) in [5.74, 6) is -0.264. The van der Waals surface area contributed by atoms with Gasteiger partial charge in [-0.1, -0.05) is 50.3 Å². The number of carbonyl (C=O) groups excluding carboxylic acids is 2. The van der Waals surface area contributed by atoms with Crippen molar-refractivity contribution >= 4 is 23.3 Å². The highest BCUT2D eigenvalue weighted by molar-refractivity contribution is 6.02. The van der Waals surface area contributed by atoms with Gasteiger partial charge in [-0.25, -0.2) is 4.79 Å². The largest absolute Gasteiger partial charge is 0.449 e. The van der Waals surface area contributed by atoms with Crippen molar-refractivity contribution in [3.8, 4) is 11.1 Å². The molecule has 0 spiro atoms. The first-order valence-corrected chi connectivity index (χ1v) is 9.76. The topological polar surface area (TPSA) is 98.6 Å². The van der Waals surface area contributed by atoms with Crippen LogP contribution >= 0.6 is 0 Å². The number of hydrogen-bond acceptors (Lipinski definition) is 4. The van der Waals surface area contributed by atoms with E-state index in [1.54, 1.807) is 11.0 Å². The standard InChI is InChI=1S/C23H27N3O3/c1-15(2)14-29-23(28)26-10-8-17(9-11-26)19-12-18(16-6-4-3-5-7-16)13-20(21(19)24)22(25)27/h3-8,12-13,15H,9-11,14,24H2,1-2H3,(H2,25,27). The number of carbonyl (C=O) groups is 2. The molecule has 0 saturated heterocycles. The minimum absolute atomic E-state index is 0.294. The second-order valence-corrected chi connectivity index (χ2v) is 7.61. The Labute approximate surface area is 171 Å². The lowest BCUT2D eigenvalue weighted by molar-refractivity contribution is 0.0954. The highest BCUT2D eigenvalue weighted by Gasteiger charge is 2.22. The second-order valence-electron chi connectivity index (χ2n) is 7.61.